The van der Waals surface area contributed by atoms with E-state index in [1.165, 1.54) is 0 Å². The summed E-state index contributed by atoms with van der Waals surface area (Å²) in [5.74, 6) is 0.731. The van der Waals surface area contributed by atoms with Gasteiger partial charge in [-0.1, -0.05) is 18.2 Å². The van der Waals surface area contributed by atoms with E-state index in [1.807, 2.05) is 30.5 Å². The molecule has 1 saturated heterocycles. The molecule has 1 aliphatic heterocycles. The van der Waals surface area contributed by atoms with Gasteiger partial charge in [-0.05, 0) is 6.07 Å². The third-order valence-corrected chi connectivity index (χ3v) is 4.12. The third-order valence-electron chi connectivity index (χ3n) is 2.95. The van der Waals surface area contributed by atoms with E-state index in [9.17, 15) is 4.79 Å². The molecule has 3 nitrogen and oxygen atoms in total. The summed E-state index contributed by atoms with van der Waals surface area (Å²) in [5, 5.41) is 1.52. The van der Waals surface area contributed by atoms with Gasteiger partial charge in [-0.15, -0.1) is 11.8 Å². The molecule has 1 aliphatic rings. The minimum absolute atomic E-state index is 0.194. The lowest BCUT2D eigenvalue weighted by atomic mass is 10.1. The van der Waals surface area contributed by atoms with Crippen molar-refractivity contribution in [1.82, 2.24) is 4.98 Å². The summed E-state index contributed by atoms with van der Waals surface area (Å²) in [6.07, 6.45) is 1.81. The minimum Gasteiger partial charge on any atom is -0.379 e. The zero-order valence-electron chi connectivity index (χ0n) is 9.31. The predicted molar refractivity (Wildman–Crippen MR) is 69.7 cm³/mol. The molecular weight excluding hydrogens is 234 g/mol. The number of carbonyl (C=O) groups excluding carboxylic acids is 1. The van der Waals surface area contributed by atoms with Crippen LogP contribution in [0.15, 0.2) is 30.5 Å². The van der Waals surface area contributed by atoms with Crippen LogP contribution >= 0.6 is 11.8 Å². The van der Waals surface area contributed by atoms with Gasteiger partial charge in [0.15, 0.2) is 5.78 Å². The highest BCUT2D eigenvalue weighted by atomic mass is 32.2. The highest BCUT2D eigenvalue weighted by molar-refractivity contribution is 8.00. The third kappa shape index (κ3) is 2.10. The van der Waals surface area contributed by atoms with E-state index >= 15 is 0 Å². The van der Waals surface area contributed by atoms with Crippen LogP contribution in [0.25, 0.3) is 10.9 Å². The topological polar surface area (TPSA) is 42.1 Å². The first-order valence-corrected chi connectivity index (χ1v) is 6.68. The molecule has 0 spiro atoms. The van der Waals surface area contributed by atoms with Gasteiger partial charge in [0, 0.05) is 22.7 Å². The Labute approximate surface area is 104 Å². The largest absolute Gasteiger partial charge is 0.379 e. The molecule has 0 unspecified atom stereocenters. The molecule has 4 heteroatoms. The standard InChI is InChI=1S/C13H13NO2S/c15-13(8-17-9-6-16-7-9)11-5-14-12-4-2-1-3-10(11)12/h1-5,9,14H,6-8H2. The van der Waals surface area contributed by atoms with Crippen molar-refractivity contribution in [3.63, 3.8) is 0 Å². The molecule has 0 atom stereocenters. The van der Waals surface area contributed by atoms with Crippen molar-refractivity contribution in [2.24, 2.45) is 0 Å². The van der Waals surface area contributed by atoms with Crippen LogP contribution in [0.2, 0.25) is 0 Å². The second-order valence-corrected chi connectivity index (χ2v) is 5.43. The molecular formula is C13H13NO2S. The summed E-state index contributed by atoms with van der Waals surface area (Å²) in [6.45, 7) is 1.57. The molecule has 0 saturated carbocycles. The molecule has 17 heavy (non-hydrogen) atoms. The van der Waals surface area contributed by atoms with E-state index < -0.39 is 0 Å². The van der Waals surface area contributed by atoms with E-state index in [1.54, 1.807) is 11.8 Å². The molecule has 0 bridgehead atoms. The number of hydrogen-bond donors (Lipinski definition) is 1. The first-order chi connectivity index (χ1) is 8.34. The summed E-state index contributed by atoms with van der Waals surface area (Å²) < 4.78 is 5.09. The van der Waals surface area contributed by atoms with Gasteiger partial charge in [-0.25, -0.2) is 0 Å². The smallest absolute Gasteiger partial charge is 0.174 e. The lowest BCUT2D eigenvalue weighted by molar-refractivity contribution is 0.0455. The number of H-pyrrole nitrogens is 1. The summed E-state index contributed by atoms with van der Waals surface area (Å²) >= 11 is 1.69. The zero-order chi connectivity index (χ0) is 11.7. The average Bonchev–Trinajstić information content (AvgIpc) is 2.70. The second-order valence-electron chi connectivity index (χ2n) is 4.14. The van der Waals surface area contributed by atoms with Crippen molar-refractivity contribution in [2.75, 3.05) is 19.0 Å². The van der Waals surface area contributed by atoms with Crippen molar-refractivity contribution in [3.05, 3.63) is 36.0 Å². The van der Waals surface area contributed by atoms with Gasteiger partial charge in [0.05, 0.1) is 24.2 Å². The fourth-order valence-electron chi connectivity index (χ4n) is 1.88. The summed E-state index contributed by atoms with van der Waals surface area (Å²) in [6, 6.07) is 7.89. The maximum absolute atomic E-state index is 12.1. The number of benzene rings is 1. The Kier molecular flexibility index (Phi) is 2.91. The Morgan fingerprint density at radius 3 is 3.00 bits per heavy atom. The van der Waals surface area contributed by atoms with Gasteiger partial charge in [0.25, 0.3) is 0 Å². The molecule has 2 aromatic rings. The Hall–Kier alpha value is -1.26. The Morgan fingerprint density at radius 1 is 1.41 bits per heavy atom. The monoisotopic (exact) mass is 247 g/mol. The molecule has 1 N–H and O–H groups in total. The van der Waals surface area contributed by atoms with Crippen molar-refractivity contribution >= 4 is 28.4 Å². The van der Waals surface area contributed by atoms with E-state index in [0.717, 1.165) is 29.7 Å². The fourth-order valence-corrected chi connectivity index (χ4v) is 2.81. The molecule has 1 aromatic carbocycles. The molecule has 1 fully saturated rings. The number of aromatic nitrogens is 1. The molecule has 0 amide bonds. The van der Waals surface area contributed by atoms with Crippen LogP contribution in [0, 0.1) is 0 Å². The molecule has 88 valence electrons. The van der Waals surface area contributed by atoms with Gasteiger partial charge < -0.3 is 9.72 Å². The van der Waals surface area contributed by atoms with E-state index in [2.05, 4.69) is 4.98 Å². The highest BCUT2D eigenvalue weighted by Crippen LogP contribution is 2.23. The van der Waals surface area contributed by atoms with E-state index in [-0.39, 0.29) is 5.78 Å². The van der Waals surface area contributed by atoms with Crippen LogP contribution in [0.4, 0.5) is 0 Å². The maximum atomic E-state index is 12.1. The average molecular weight is 247 g/mol. The van der Waals surface area contributed by atoms with Crippen molar-refractivity contribution in [2.45, 2.75) is 5.25 Å². The van der Waals surface area contributed by atoms with E-state index in [0.29, 0.717) is 11.0 Å². The van der Waals surface area contributed by atoms with Crippen LogP contribution in [0.1, 0.15) is 10.4 Å². The van der Waals surface area contributed by atoms with Crippen molar-refractivity contribution in [1.29, 1.82) is 0 Å². The van der Waals surface area contributed by atoms with Gasteiger partial charge in [0.1, 0.15) is 0 Å². The number of nitrogens with one attached hydrogen (secondary N) is 1. The molecule has 0 radical (unpaired) electrons. The van der Waals surface area contributed by atoms with Gasteiger partial charge >= 0.3 is 0 Å². The van der Waals surface area contributed by atoms with Crippen LogP contribution in [-0.4, -0.2) is 35.0 Å². The van der Waals surface area contributed by atoms with Crippen molar-refractivity contribution in [3.8, 4) is 0 Å². The first-order valence-electron chi connectivity index (χ1n) is 5.63. The molecule has 2 heterocycles. The quantitative estimate of drug-likeness (QED) is 0.844. The Bertz CT molecular complexity index is 545. The van der Waals surface area contributed by atoms with Crippen LogP contribution in [0.5, 0.6) is 0 Å². The van der Waals surface area contributed by atoms with Gasteiger partial charge in [0.2, 0.25) is 0 Å². The SMILES string of the molecule is O=C(CSC1COC1)c1c[nH]c2ccccc12. The minimum atomic E-state index is 0.194. The van der Waals surface area contributed by atoms with Gasteiger partial charge in [-0.3, -0.25) is 4.79 Å². The first kappa shape index (κ1) is 10.9. The number of para-hydroxylation sites is 1. The van der Waals surface area contributed by atoms with Gasteiger partial charge in [-0.2, -0.15) is 0 Å². The number of thioether (sulfide) groups is 1. The molecule has 3 rings (SSSR count). The summed E-state index contributed by atoms with van der Waals surface area (Å²) in [4.78, 5) is 15.2. The number of hydrogen-bond acceptors (Lipinski definition) is 3. The number of aromatic amines is 1. The summed E-state index contributed by atoms with van der Waals surface area (Å²) in [5.41, 5.74) is 1.82. The number of fused-ring (bicyclic) bond motifs is 1. The number of ether oxygens (including phenoxy) is 1. The van der Waals surface area contributed by atoms with Crippen molar-refractivity contribution < 1.29 is 9.53 Å². The molecule has 0 aliphatic carbocycles. The van der Waals surface area contributed by atoms with Crippen LogP contribution < -0.4 is 0 Å². The fraction of sp³-hybridized carbons (Fsp3) is 0.308. The number of rotatable bonds is 4. The normalized spacial score (nSPS) is 16.0. The van der Waals surface area contributed by atoms with E-state index in [4.69, 9.17) is 4.74 Å². The van der Waals surface area contributed by atoms with Crippen LogP contribution in [0.3, 0.4) is 0 Å². The highest BCUT2D eigenvalue weighted by Gasteiger charge is 2.21. The zero-order valence-corrected chi connectivity index (χ0v) is 10.1. The Morgan fingerprint density at radius 2 is 2.24 bits per heavy atom. The lowest BCUT2D eigenvalue weighted by Crippen LogP contribution is -2.31. The molecule has 1 aromatic heterocycles. The lowest BCUT2D eigenvalue weighted by Gasteiger charge is -2.24. The maximum Gasteiger partial charge on any atom is 0.174 e. The summed E-state index contributed by atoms with van der Waals surface area (Å²) in [7, 11) is 0. The Balaban J connectivity index is 1.75. The predicted octanol–water partition coefficient (Wildman–Crippen LogP) is 2.48. The number of carbonyl (C=O) groups is 1. The number of ketones is 1. The second kappa shape index (κ2) is 4.55. The number of Topliss-reactive ketones (excluding diaryl/α,β-unsaturated/α-hetero) is 1. The van der Waals surface area contributed by atoms with Crippen LogP contribution in [-0.2, 0) is 4.74 Å².